The Kier molecular flexibility index (Phi) is 6.81. The van der Waals surface area contributed by atoms with Crippen LogP contribution in [0.1, 0.15) is 18.5 Å². The average Bonchev–Trinajstić information content (AvgIpc) is 2.59. The molecule has 6 heteroatoms. The number of halogens is 1. The summed E-state index contributed by atoms with van der Waals surface area (Å²) in [6.07, 6.45) is 0. The summed E-state index contributed by atoms with van der Waals surface area (Å²) in [6, 6.07) is 16.4. The molecule has 2 aromatic carbocycles. The molecule has 0 fully saturated rings. The van der Waals surface area contributed by atoms with Gasteiger partial charge < -0.3 is 14.8 Å². The van der Waals surface area contributed by atoms with Gasteiger partial charge in [0.2, 0.25) is 0 Å². The SMILES string of the molecule is C[C@@H](NC(=O)COC(=O)COc1ccccc1)c1ccc(Br)cc1. The second-order valence-corrected chi connectivity index (χ2v) is 6.02. The molecular weight excluding hydrogens is 374 g/mol. The Morgan fingerprint density at radius 2 is 1.71 bits per heavy atom. The summed E-state index contributed by atoms with van der Waals surface area (Å²) in [5.74, 6) is -0.383. The van der Waals surface area contributed by atoms with Crippen LogP contribution in [0.5, 0.6) is 5.75 Å². The van der Waals surface area contributed by atoms with Gasteiger partial charge in [-0.05, 0) is 36.8 Å². The molecule has 1 atom stereocenters. The van der Waals surface area contributed by atoms with Crippen molar-refractivity contribution in [1.29, 1.82) is 0 Å². The summed E-state index contributed by atoms with van der Waals surface area (Å²) in [6.45, 7) is 1.29. The third kappa shape index (κ3) is 6.04. The van der Waals surface area contributed by atoms with Crippen LogP contribution in [0.25, 0.3) is 0 Å². The highest BCUT2D eigenvalue weighted by molar-refractivity contribution is 9.10. The first-order valence-corrected chi connectivity index (χ1v) is 8.22. The van der Waals surface area contributed by atoms with Gasteiger partial charge in [0, 0.05) is 4.47 Å². The first-order valence-electron chi connectivity index (χ1n) is 7.43. The number of rotatable bonds is 7. The molecule has 0 saturated heterocycles. The molecule has 0 aliphatic heterocycles. The number of para-hydroxylation sites is 1. The molecule has 0 unspecified atom stereocenters. The number of nitrogens with one attached hydrogen (secondary N) is 1. The van der Waals surface area contributed by atoms with Crippen molar-refractivity contribution < 1.29 is 19.1 Å². The van der Waals surface area contributed by atoms with E-state index >= 15 is 0 Å². The van der Waals surface area contributed by atoms with E-state index in [1.54, 1.807) is 24.3 Å². The Bertz CT molecular complexity index is 673. The third-order valence-electron chi connectivity index (χ3n) is 3.21. The Morgan fingerprint density at radius 3 is 2.38 bits per heavy atom. The molecule has 0 radical (unpaired) electrons. The van der Waals surface area contributed by atoms with Gasteiger partial charge in [-0.15, -0.1) is 0 Å². The maximum absolute atomic E-state index is 11.8. The van der Waals surface area contributed by atoms with Crippen LogP contribution in [0.2, 0.25) is 0 Å². The van der Waals surface area contributed by atoms with Gasteiger partial charge in [0.15, 0.2) is 13.2 Å². The smallest absolute Gasteiger partial charge is 0.344 e. The third-order valence-corrected chi connectivity index (χ3v) is 3.74. The molecular formula is C18H18BrNO4. The van der Waals surface area contributed by atoms with Crippen molar-refractivity contribution in [3.63, 3.8) is 0 Å². The van der Waals surface area contributed by atoms with Crippen molar-refractivity contribution in [2.75, 3.05) is 13.2 Å². The molecule has 24 heavy (non-hydrogen) atoms. The molecule has 0 bridgehead atoms. The Labute approximate surface area is 149 Å². The largest absolute Gasteiger partial charge is 0.482 e. The second kappa shape index (κ2) is 9.08. The van der Waals surface area contributed by atoms with Crippen LogP contribution in [-0.2, 0) is 14.3 Å². The number of carbonyl (C=O) groups is 2. The zero-order chi connectivity index (χ0) is 17.4. The molecule has 0 spiro atoms. The lowest BCUT2D eigenvalue weighted by Gasteiger charge is -2.14. The number of benzene rings is 2. The van der Waals surface area contributed by atoms with E-state index in [1.165, 1.54) is 0 Å². The lowest BCUT2D eigenvalue weighted by molar-refractivity contribution is -0.150. The molecule has 0 saturated carbocycles. The predicted octanol–water partition coefficient (Wildman–Crippen LogP) is 3.25. The second-order valence-electron chi connectivity index (χ2n) is 5.10. The highest BCUT2D eigenvalue weighted by atomic mass is 79.9. The number of hydrogen-bond donors (Lipinski definition) is 1. The van der Waals surface area contributed by atoms with Crippen LogP contribution in [0.15, 0.2) is 59.1 Å². The van der Waals surface area contributed by atoms with Gasteiger partial charge in [-0.25, -0.2) is 4.79 Å². The monoisotopic (exact) mass is 391 g/mol. The minimum atomic E-state index is -0.592. The summed E-state index contributed by atoms with van der Waals surface area (Å²) >= 11 is 3.36. The Balaban J connectivity index is 1.70. The fraction of sp³-hybridized carbons (Fsp3) is 0.222. The Hall–Kier alpha value is -2.34. The van der Waals surface area contributed by atoms with Crippen LogP contribution in [0.4, 0.5) is 0 Å². The van der Waals surface area contributed by atoms with Crippen LogP contribution in [-0.4, -0.2) is 25.1 Å². The molecule has 2 aromatic rings. The molecule has 0 aromatic heterocycles. The van der Waals surface area contributed by atoms with Crippen LogP contribution in [0.3, 0.4) is 0 Å². The van der Waals surface area contributed by atoms with E-state index in [4.69, 9.17) is 9.47 Å². The first-order chi connectivity index (χ1) is 11.5. The van der Waals surface area contributed by atoms with Gasteiger partial charge in [-0.2, -0.15) is 0 Å². The number of ether oxygens (including phenoxy) is 2. The quantitative estimate of drug-likeness (QED) is 0.735. The van der Waals surface area contributed by atoms with Gasteiger partial charge in [-0.1, -0.05) is 46.3 Å². The van der Waals surface area contributed by atoms with Crippen LogP contribution < -0.4 is 10.1 Å². The van der Waals surface area contributed by atoms with Gasteiger partial charge in [0.25, 0.3) is 5.91 Å². The van der Waals surface area contributed by atoms with Crippen LogP contribution in [0, 0.1) is 0 Å². The molecule has 5 nitrogen and oxygen atoms in total. The number of hydrogen-bond acceptors (Lipinski definition) is 4. The molecule has 2 rings (SSSR count). The Morgan fingerprint density at radius 1 is 1.04 bits per heavy atom. The summed E-state index contributed by atoms with van der Waals surface area (Å²) in [5, 5.41) is 2.77. The van der Waals surface area contributed by atoms with Crippen molar-refractivity contribution in [3.8, 4) is 5.75 Å². The maximum atomic E-state index is 11.8. The van der Waals surface area contributed by atoms with Crippen LogP contribution >= 0.6 is 15.9 Å². The molecule has 126 valence electrons. The minimum Gasteiger partial charge on any atom is -0.482 e. The van der Waals surface area contributed by atoms with Gasteiger partial charge in [0.05, 0.1) is 6.04 Å². The predicted molar refractivity (Wildman–Crippen MR) is 93.6 cm³/mol. The standard InChI is InChI=1S/C18H18BrNO4/c1-13(14-7-9-15(19)10-8-14)20-17(21)11-24-18(22)12-23-16-5-3-2-4-6-16/h2-10,13H,11-12H2,1H3,(H,20,21)/t13-/m1/s1. The average molecular weight is 392 g/mol. The van der Waals surface area contributed by atoms with Crippen molar-refractivity contribution in [2.24, 2.45) is 0 Å². The molecule has 1 amide bonds. The summed E-state index contributed by atoms with van der Waals surface area (Å²) in [7, 11) is 0. The first kappa shape index (κ1) is 18.0. The fourth-order valence-corrected chi connectivity index (χ4v) is 2.23. The van der Waals surface area contributed by atoms with E-state index in [0.717, 1.165) is 10.0 Å². The van der Waals surface area contributed by atoms with E-state index in [2.05, 4.69) is 21.2 Å². The van der Waals surface area contributed by atoms with E-state index < -0.39 is 5.97 Å². The van der Waals surface area contributed by atoms with Gasteiger partial charge in [-0.3, -0.25) is 4.79 Å². The normalized spacial score (nSPS) is 11.4. The summed E-state index contributed by atoms with van der Waals surface area (Å²) < 4.78 is 11.1. The minimum absolute atomic E-state index is 0.176. The molecule has 0 aliphatic carbocycles. The van der Waals surface area contributed by atoms with Crippen molar-refractivity contribution in [1.82, 2.24) is 5.32 Å². The van der Waals surface area contributed by atoms with E-state index in [-0.39, 0.29) is 25.2 Å². The fourth-order valence-electron chi connectivity index (χ4n) is 1.96. The molecule has 0 heterocycles. The number of esters is 1. The van der Waals surface area contributed by atoms with Crippen molar-refractivity contribution in [2.45, 2.75) is 13.0 Å². The maximum Gasteiger partial charge on any atom is 0.344 e. The zero-order valence-corrected chi connectivity index (χ0v) is 14.8. The van der Waals surface area contributed by atoms with E-state index in [9.17, 15) is 9.59 Å². The number of amides is 1. The van der Waals surface area contributed by atoms with Gasteiger partial charge >= 0.3 is 5.97 Å². The van der Waals surface area contributed by atoms with E-state index in [1.807, 2.05) is 37.3 Å². The highest BCUT2D eigenvalue weighted by Crippen LogP contribution is 2.16. The summed E-state index contributed by atoms with van der Waals surface area (Å²) in [5.41, 5.74) is 0.963. The van der Waals surface area contributed by atoms with E-state index in [0.29, 0.717) is 5.75 Å². The lowest BCUT2D eigenvalue weighted by Crippen LogP contribution is -2.31. The lowest BCUT2D eigenvalue weighted by atomic mass is 10.1. The van der Waals surface area contributed by atoms with Crippen molar-refractivity contribution >= 4 is 27.8 Å². The molecule has 0 aliphatic rings. The summed E-state index contributed by atoms with van der Waals surface area (Å²) in [4.78, 5) is 23.4. The van der Waals surface area contributed by atoms with Crippen molar-refractivity contribution in [3.05, 3.63) is 64.6 Å². The number of carbonyl (C=O) groups excluding carboxylic acids is 2. The molecule has 1 N–H and O–H groups in total. The topological polar surface area (TPSA) is 64.6 Å². The van der Waals surface area contributed by atoms with Gasteiger partial charge in [0.1, 0.15) is 5.75 Å². The zero-order valence-electron chi connectivity index (χ0n) is 13.2. The highest BCUT2D eigenvalue weighted by Gasteiger charge is 2.12.